The van der Waals surface area contributed by atoms with E-state index in [-0.39, 0.29) is 5.69 Å². The van der Waals surface area contributed by atoms with Crippen molar-refractivity contribution >= 4 is 11.5 Å². The molecule has 0 radical (unpaired) electrons. The van der Waals surface area contributed by atoms with E-state index in [0.29, 0.717) is 6.04 Å². The predicted molar refractivity (Wildman–Crippen MR) is 69.8 cm³/mol. The topological polar surface area (TPSA) is 71.3 Å². The number of nitrogens with zero attached hydrogens (tertiary/aromatic N) is 3. The lowest BCUT2D eigenvalue weighted by Crippen LogP contribution is -2.37. The fraction of sp³-hybridized carbons (Fsp3) is 0.583. The first kappa shape index (κ1) is 12.8. The average molecular weight is 250 g/mol. The molecule has 1 aliphatic rings. The van der Waals surface area contributed by atoms with Crippen molar-refractivity contribution in [3.05, 3.63) is 27.9 Å². The normalized spacial score (nSPS) is 17.7. The zero-order valence-electron chi connectivity index (χ0n) is 10.7. The van der Waals surface area contributed by atoms with Crippen LogP contribution in [0.3, 0.4) is 0 Å². The third-order valence-corrected chi connectivity index (χ3v) is 3.33. The van der Waals surface area contributed by atoms with Gasteiger partial charge in [-0.2, -0.15) is 0 Å². The van der Waals surface area contributed by atoms with Crippen LogP contribution in [0.15, 0.2) is 12.3 Å². The SMILES string of the molecule is Cc1cc([N+](=O)[O-])cnc1NC1CCN(C)CC1. The Bertz CT molecular complexity index is 442. The van der Waals surface area contributed by atoms with E-state index in [0.717, 1.165) is 37.3 Å². The summed E-state index contributed by atoms with van der Waals surface area (Å²) in [5, 5.41) is 14.0. The highest BCUT2D eigenvalue weighted by molar-refractivity contribution is 5.48. The summed E-state index contributed by atoms with van der Waals surface area (Å²) in [6, 6.07) is 1.97. The Balaban J connectivity index is 2.03. The van der Waals surface area contributed by atoms with Gasteiger partial charge in [-0.05, 0) is 45.5 Å². The number of anilines is 1. The van der Waals surface area contributed by atoms with E-state index in [2.05, 4.69) is 22.2 Å². The quantitative estimate of drug-likeness (QED) is 0.654. The van der Waals surface area contributed by atoms with Crippen molar-refractivity contribution in [2.45, 2.75) is 25.8 Å². The zero-order valence-corrected chi connectivity index (χ0v) is 10.7. The summed E-state index contributed by atoms with van der Waals surface area (Å²) < 4.78 is 0. The summed E-state index contributed by atoms with van der Waals surface area (Å²) in [4.78, 5) is 16.7. The van der Waals surface area contributed by atoms with Crippen LogP contribution in [0.4, 0.5) is 11.5 Å². The van der Waals surface area contributed by atoms with Gasteiger partial charge in [0.2, 0.25) is 0 Å². The van der Waals surface area contributed by atoms with Gasteiger partial charge in [0.25, 0.3) is 5.69 Å². The molecule has 1 fully saturated rings. The second-order valence-electron chi connectivity index (χ2n) is 4.84. The molecule has 6 heteroatoms. The molecule has 0 spiro atoms. The van der Waals surface area contributed by atoms with Crippen LogP contribution in [0.25, 0.3) is 0 Å². The minimum absolute atomic E-state index is 0.0430. The summed E-state index contributed by atoms with van der Waals surface area (Å²) >= 11 is 0. The molecule has 0 bridgehead atoms. The monoisotopic (exact) mass is 250 g/mol. The maximum Gasteiger partial charge on any atom is 0.287 e. The van der Waals surface area contributed by atoms with Crippen molar-refractivity contribution in [2.24, 2.45) is 0 Å². The minimum Gasteiger partial charge on any atom is -0.367 e. The fourth-order valence-electron chi connectivity index (χ4n) is 2.16. The van der Waals surface area contributed by atoms with Gasteiger partial charge >= 0.3 is 0 Å². The number of nitrogens with one attached hydrogen (secondary N) is 1. The Labute approximate surface area is 106 Å². The highest BCUT2D eigenvalue weighted by atomic mass is 16.6. The molecule has 1 aromatic rings. The third kappa shape index (κ3) is 2.95. The molecule has 6 nitrogen and oxygen atoms in total. The van der Waals surface area contributed by atoms with E-state index in [1.54, 1.807) is 6.07 Å². The standard InChI is InChI=1S/C12H18N4O2/c1-9-7-11(16(17)18)8-13-12(9)14-10-3-5-15(2)6-4-10/h7-8,10H,3-6H2,1-2H3,(H,13,14). The number of hydrogen-bond donors (Lipinski definition) is 1. The van der Waals surface area contributed by atoms with Crippen LogP contribution in [-0.4, -0.2) is 41.0 Å². The molecule has 2 rings (SSSR count). The van der Waals surface area contributed by atoms with Crippen LogP contribution < -0.4 is 5.32 Å². The zero-order chi connectivity index (χ0) is 13.1. The molecule has 1 N–H and O–H groups in total. The van der Waals surface area contributed by atoms with E-state index in [1.165, 1.54) is 6.20 Å². The van der Waals surface area contributed by atoms with Crippen molar-refractivity contribution in [1.29, 1.82) is 0 Å². The van der Waals surface area contributed by atoms with Gasteiger partial charge in [0.1, 0.15) is 12.0 Å². The van der Waals surface area contributed by atoms with E-state index in [4.69, 9.17) is 0 Å². The average Bonchev–Trinajstić information content (AvgIpc) is 2.34. The van der Waals surface area contributed by atoms with Crippen molar-refractivity contribution in [2.75, 3.05) is 25.5 Å². The van der Waals surface area contributed by atoms with Crippen LogP contribution in [-0.2, 0) is 0 Å². The maximum atomic E-state index is 10.6. The lowest BCUT2D eigenvalue weighted by atomic mass is 10.1. The molecule has 1 saturated heterocycles. The Kier molecular flexibility index (Phi) is 3.76. The summed E-state index contributed by atoms with van der Waals surface area (Å²) in [5.41, 5.74) is 0.865. The molecule has 0 aromatic carbocycles. The Morgan fingerprint density at radius 2 is 2.17 bits per heavy atom. The smallest absolute Gasteiger partial charge is 0.287 e. The van der Waals surface area contributed by atoms with Crippen molar-refractivity contribution in [3.63, 3.8) is 0 Å². The van der Waals surface area contributed by atoms with Gasteiger partial charge in [0.05, 0.1) is 4.92 Å². The van der Waals surface area contributed by atoms with Gasteiger partial charge in [0, 0.05) is 12.1 Å². The molecule has 0 atom stereocenters. The summed E-state index contributed by atoms with van der Waals surface area (Å²) in [6.45, 7) is 3.99. The highest BCUT2D eigenvalue weighted by Gasteiger charge is 2.18. The number of nitro groups is 1. The van der Waals surface area contributed by atoms with Crippen LogP contribution in [0, 0.1) is 17.0 Å². The number of likely N-dealkylation sites (tertiary alicyclic amines) is 1. The van der Waals surface area contributed by atoms with E-state index < -0.39 is 4.92 Å². The Morgan fingerprint density at radius 1 is 1.50 bits per heavy atom. The summed E-state index contributed by atoms with van der Waals surface area (Å²) in [7, 11) is 2.12. The third-order valence-electron chi connectivity index (χ3n) is 3.33. The van der Waals surface area contributed by atoms with E-state index in [9.17, 15) is 10.1 Å². The van der Waals surface area contributed by atoms with E-state index >= 15 is 0 Å². The van der Waals surface area contributed by atoms with Gasteiger partial charge in [-0.3, -0.25) is 10.1 Å². The van der Waals surface area contributed by atoms with Crippen LogP contribution in [0.2, 0.25) is 0 Å². The largest absolute Gasteiger partial charge is 0.367 e. The number of aromatic nitrogens is 1. The van der Waals surface area contributed by atoms with Gasteiger partial charge in [0.15, 0.2) is 0 Å². The maximum absolute atomic E-state index is 10.6. The second-order valence-corrected chi connectivity index (χ2v) is 4.84. The van der Waals surface area contributed by atoms with Gasteiger partial charge in [-0.25, -0.2) is 4.98 Å². The summed E-state index contributed by atoms with van der Waals surface area (Å²) in [5.74, 6) is 0.759. The number of aryl methyl sites for hydroxylation is 1. The molecule has 0 amide bonds. The first-order valence-corrected chi connectivity index (χ1v) is 6.12. The highest BCUT2D eigenvalue weighted by Crippen LogP contribution is 2.20. The first-order valence-electron chi connectivity index (χ1n) is 6.12. The molecule has 0 saturated carbocycles. The second kappa shape index (κ2) is 5.30. The van der Waals surface area contributed by atoms with Crippen molar-refractivity contribution in [3.8, 4) is 0 Å². The molecule has 0 aliphatic carbocycles. The van der Waals surface area contributed by atoms with Crippen molar-refractivity contribution in [1.82, 2.24) is 9.88 Å². The molecule has 0 unspecified atom stereocenters. The van der Waals surface area contributed by atoms with Gasteiger partial charge < -0.3 is 10.2 Å². The Morgan fingerprint density at radius 3 is 2.72 bits per heavy atom. The molecular formula is C12H18N4O2. The molecule has 2 heterocycles. The van der Waals surface area contributed by atoms with Crippen LogP contribution >= 0.6 is 0 Å². The number of piperidine rings is 1. The first-order chi connectivity index (χ1) is 8.56. The van der Waals surface area contributed by atoms with Gasteiger partial charge in [-0.15, -0.1) is 0 Å². The minimum atomic E-state index is -0.417. The van der Waals surface area contributed by atoms with E-state index in [1.807, 2.05) is 6.92 Å². The van der Waals surface area contributed by atoms with Crippen LogP contribution in [0.1, 0.15) is 18.4 Å². The fourth-order valence-corrected chi connectivity index (χ4v) is 2.16. The van der Waals surface area contributed by atoms with Crippen molar-refractivity contribution < 1.29 is 4.92 Å². The van der Waals surface area contributed by atoms with Crippen LogP contribution in [0.5, 0.6) is 0 Å². The lowest BCUT2D eigenvalue weighted by molar-refractivity contribution is -0.385. The number of rotatable bonds is 3. The molecular weight excluding hydrogens is 232 g/mol. The molecule has 1 aliphatic heterocycles. The lowest BCUT2D eigenvalue weighted by Gasteiger charge is -2.30. The summed E-state index contributed by atoms with van der Waals surface area (Å²) in [6.07, 6.45) is 3.47. The molecule has 98 valence electrons. The molecule has 1 aromatic heterocycles. The van der Waals surface area contributed by atoms with Gasteiger partial charge in [-0.1, -0.05) is 0 Å². The number of hydrogen-bond acceptors (Lipinski definition) is 5. The Hall–Kier alpha value is -1.69. The predicted octanol–water partition coefficient (Wildman–Crippen LogP) is 1.80. The molecule has 18 heavy (non-hydrogen) atoms. The number of pyridine rings is 1.